The van der Waals surface area contributed by atoms with Crippen LogP contribution < -0.4 is 4.57 Å². The molecular weight excluding hydrogens is 328 g/mol. The minimum absolute atomic E-state index is 0.449. The summed E-state index contributed by atoms with van der Waals surface area (Å²) in [5, 5.41) is 0. The maximum Gasteiger partial charge on any atom is 0.265 e. The average Bonchev–Trinajstić information content (AvgIpc) is 3.42. The molecule has 2 aromatic rings. The molecule has 1 unspecified atom stereocenters. The van der Waals surface area contributed by atoms with Gasteiger partial charge in [0.05, 0.1) is 7.29 Å². The topological polar surface area (TPSA) is 8.81 Å². The van der Waals surface area contributed by atoms with Gasteiger partial charge >= 0.3 is 0 Å². The molecule has 0 radical (unpaired) electrons. The first-order valence-electron chi connectivity index (χ1n) is 11.5. The highest BCUT2D eigenvalue weighted by molar-refractivity contribution is 5.52. The monoisotopic (exact) mass is 362 g/mol. The molecule has 1 aromatic heterocycles. The first kappa shape index (κ1) is 16.2. The summed E-state index contributed by atoms with van der Waals surface area (Å²) in [6.07, 6.45) is 15.9. The second-order valence-electron chi connectivity index (χ2n) is 8.86. The Morgan fingerprint density at radius 2 is 1.67 bits per heavy atom. The van der Waals surface area contributed by atoms with Gasteiger partial charge in [-0.2, -0.15) is 4.57 Å². The lowest BCUT2D eigenvalue weighted by Gasteiger charge is -2.24. The molecule has 27 heavy (non-hydrogen) atoms. The highest BCUT2D eigenvalue weighted by Gasteiger charge is 2.42. The fourth-order valence-electron chi connectivity index (χ4n) is 5.76. The maximum atomic E-state index is 9.61. The molecule has 0 N–H and O–H groups in total. The Labute approximate surface area is 165 Å². The van der Waals surface area contributed by atoms with Crippen molar-refractivity contribution in [3.8, 4) is 5.69 Å². The molecule has 5 rings (SSSR count). The predicted octanol–water partition coefficient (Wildman–Crippen LogP) is 6.19. The molecule has 0 saturated heterocycles. The molecular formula is C25H33N2+. The second-order valence-corrected chi connectivity index (χ2v) is 8.86. The van der Waals surface area contributed by atoms with Gasteiger partial charge < -0.3 is 0 Å². The van der Waals surface area contributed by atoms with Crippen molar-refractivity contribution in [1.82, 2.24) is 4.57 Å². The van der Waals surface area contributed by atoms with Gasteiger partial charge in [-0.15, -0.1) is 0 Å². The summed E-state index contributed by atoms with van der Waals surface area (Å²) >= 11 is 0. The number of benzene rings is 1. The van der Waals surface area contributed by atoms with Crippen LogP contribution in [-0.4, -0.2) is 4.57 Å². The summed E-state index contributed by atoms with van der Waals surface area (Å²) in [5.74, 6) is 2.41. The Bertz CT molecular complexity index is 913. The summed E-state index contributed by atoms with van der Waals surface area (Å²) in [7, 11) is 0. The summed E-state index contributed by atoms with van der Waals surface area (Å²) in [5.41, 5.74) is 5.19. The number of rotatable bonds is 3. The third-order valence-electron chi connectivity index (χ3n) is 7.18. The van der Waals surface area contributed by atoms with Gasteiger partial charge in [-0.05, 0) is 56.4 Å². The summed E-state index contributed by atoms with van der Waals surface area (Å²) in [4.78, 5) is 0. The molecule has 2 saturated carbocycles. The minimum Gasteiger partial charge on any atom is -0.220 e. The van der Waals surface area contributed by atoms with Crippen LogP contribution in [0.3, 0.4) is 0 Å². The number of hydrogen-bond donors (Lipinski definition) is 0. The van der Waals surface area contributed by atoms with Gasteiger partial charge in [-0.25, -0.2) is 4.57 Å². The maximum absolute atomic E-state index is 9.61. The van der Waals surface area contributed by atoms with E-state index in [1.54, 1.807) is 0 Å². The van der Waals surface area contributed by atoms with E-state index < -0.39 is 6.02 Å². The van der Waals surface area contributed by atoms with Crippen molar-refractivity contribution in [2.24, 2.45) is 5.92 Å². The smallest absolute Gasteiger partial charge is 0.220 e. The lowest BCUT2D eigenvalue weighted by atomic mass is 9.87. The van der Waals surface area contributed by atoms with E-state index in [2.05, 4.69) is 59.4 Å². The third kappa shape index (κ3) is 2.80. The van der Waals surface area contributed by atoms with Gasteiger partial charge in [-0.3, -0.25) is 0 Å². The van der Waals surface area contributed by atoms with Crippen molar-refractivity contribution in [2.75, 3.05) is 0 Å². The van der Waals surface area contributed by atoms with Gasteiger partial charge in [0.1, 0.15) is 11.7 Å². The number of nitrogens with zero attached hydrogens (tertiary/aromatic N) is 2. The molecule has 1 aromatic carbocycles. The first-order chi connectivity index (χ1) is 13.6. The van der Waals surface area contributed by atoms with Gasteiger partial charge in [-0.1, -0.05) is 50.3 Å². The Morgan fingerprint density at radius 1 is 0.963 bits per heavy atom. The van der Waals surface area contributed by atoms with Crippen molar-refractivity contribution in [1.29, 1.82) is 0 Å². The van der Waals surface area contributed by atoms with Crippen molar-refractivity contribution < 1.29 is 5.94 Å². The van der Waals surface area contributed by atoms with Crippen LogP contribution in [-0.2, 0) is 0 Å². The Kier molecular flexibility index (Phi) is 4.17. The molecule has 1 aliphatic heterocycles. The van der Waals surface area contributed by atoms with E-state index in [-0.39, 0.29) is 0 Å². The second kappa shape index (κ2) is 6.96. The molecule has 1 atom stereocenters. The average molecular weight is 363 g/mol. The zero-order valence-corrected chi connectivity index (χ0v) is 16.9. The van der Waals surface area contributed by atoms with Gasteiger partial charge in [0.15, 0.2) is 11.4 Å². The lowest BCUT2D eigenvalue weighted by Crippen LogP contribution is -2.45. The predicted molar refractivity (Wildman–Crippen MR) is 111 cm³/mol. The van der Waals surface area contributed by atoms with E-state index in [1.807, 2.05) is 0 Å². The number of allylic oxidation sites excluding steroid dienone is 1. The van der Waals surface area contributed by atoms with Crippen molar-refractivity contribution in [3.63, 3.8) is 0 Å². The van der Waals surface area contributed by atoms with Crippen molar-refractivity contribution in [2.45, 2.75) is 83.6 Å². The highest BCUT2D eigenvalue weighted by Crippen LogP contribution is 2.40. The highest BCUT2D eigenvalue weighted by atomic mass is 15.2. The molecule has 0 bridgehead atoms. The largest absolute Gasteiger partial charge is 0.265 e. The van der Waals surface area contributed by atoms with E-state index in [9.17, 15) is 1.37 Å². The molecule has 142 valence electrons. The molecule has 2 heterocycles. The standard InChI is InChI=1S/C25H33N2/c1-18-10-6-9-15-22(18)26-19(2)23-16-17-24(20-11-7-8-12-20)27(23)25(26)21-13-4-3-5-14-21/h6,9-10,15-17,20-21,24H,3-5,7-8,11-14H2,1-2H3/q+1/i24D. The van der Waals surface area contributed by atoms with E-state index in [0.29, 0.717) is 11.8 Å². The van der Waals surface area contributed by atoms with Crippen LogP contribution in [0.2, 0.25) is 0 Å². The minimum atomic E-state index is -0.600. The zero-order chi connectivity index (χ0) is 19.3. The zero-order valence-electron chi connectivity index (χ0n) is 17.9. The Balaban J connectivity index is 1.75. The summed E-state index contributed by atoms with van der Waals surface area (Å²) < 4.78 is 14.6. The van der Waals surface area contributed by atoms with Crippen LogP contribution >= 0.6 is 0 Å². The van der Waals surface area contributed by atoms with Crippen molar-refractivity contribution >= 4 is 6.08 Å². The van der Waals surface area contributed by atoms with Crippen LogP contribution in [0, 0.1) is 19.8 Å². The van der Waals surface area contributed by atoms with Gasteiger partial charge in [0.25, 0.3) is 5.82 Å². The molecule has 2 heteroatoms. The fourth-order valence-corrected chi connectivity index (χ4v) is 5.76. The number of para-hydroxylation sites is 1. The molecule has 0 amide bonds. The third-order valence-corrected chi connectivity index (χ3v) is 7.18. The number of aromatic nitrogens is 2. The van der Waals surface area contributed by atoms with Crippen LogP contribution in [0.1, 0.15) is 93.9 Å². The lowest BCUT2D eigenvalue weighted by molar-refractivity contribution is -0.724. The SMILES string of the molecule is [2H]C1(C2CCCC2)C=Cc2c(C)n(-c3ccccc3C)c(C3CCCCC3)[n+]21. The quantitative estimate of drug-likeness (QED) is 0.576. The molecule has 0 spiro atoms. The van der Waals surface area contributed by atoms with E-state index in [4.69, 9.17) is 0 Å². The number of hydrogen-bond acceptors (Lipinski definition) is 0. The normalized spacial score (nSPS) is 26.5. The van der Waals surface area contributed by atoms with E-state index >= 15 is 0 Å². The van der Waals surface area contributed by atoms with E-state index in [1.165, 1.54) is 86.3 Å². The van der Waals surface area contributed by atoms with Gasteiger partial charge in [0, 0.05) is 12.8 Å². The summed E-state index contributed by atoms with van der Waals surface area (Å²) in [6.45, 7) is 4.48. The molecule has 2 nitrogen and oxygen atoms in total. The van der Waals surface area contributed by atoms with E-state index in [0.717, 1.165) is 0 Å². The van der Waals surface area contributed by atoms with Crippen LogP contribution in [0.4, 0.5) is 0 Å². The van der Waals surface area contributed by atoms with Gasteiger partial charge in [0.2, 0.25) is 0 Å². The molecule has 2 fully saturated rings. The summed E-state index contributed by atoms with van der Waals surface area (Å²) in [6, 6.07) is 8.16. The fraction of sp³-hybridized carbons (Fsp3) is 0.560. The Morgan fingerprint density at radius 3 is 2.41 bits per heavy atom. The molecule has 2 aliphatic carbocycles. The first-order valence-corrected chi connectivity index (χ1v) is 11.0. The number of fused-ring (bicyclic) bond motifs is 1. The number of aryl methyl sites for hydroxylation is 1. The Hall–Kier alpha value is -1.83. The van der Waals surface area contributed by atoms with Crippen LogP contribution in [0.25, 0.3) is 11.8 Å². The van der Waals surface area contributed by atoms with Crippen molar-refractivity contribution in [3.05, 3.63) is 53.1 Å². The van der Waals surface area contributed by atoms with Crippen LogP contribution in [0.15, 0.2) is 30.3 Å². The molecule has 3 aliphatic rings. The van der Waals surface area contributed by atoms with Crippen LogP contribution in [0.5, 0.6) is 0 Å². The number of imidazole rings is 1.